The zero-order valence-corrected chi connectivity index (χ0v) is 16.6. The largest absolute Gasteiger partial charge is 0.361 e. The van der Waals surface area contributed by atoms with Crippen LogP contribution in [0.15, 0.2) is 15.1 Å². The van der Waals surface area contributed by atoms with Crippen LogP contribution in [0.1, 0.15) is 65.9 Å². The van der Waals surface area contributed by atoms with Crippen LogP contribution in [-0.2, 0) is 6.54 Å². The summed E-state index contributed by atoms with van der Waals surface area (Å²) in [6.07, 6.45) is 2.21. The standard InChI is InChI=1S/C20H28N4O3/c1-12(2)19-7-18(22-27-19)20(25)24-9-15-5-6-16(24)10-23(8-15)11-17-13(3)21-26-14(17)4/h7,12,15-16H,5-6,8-11H2,1-4H3/t15-,16+/m1/s1. The number of amides is 1. The molecule has 0 aromatic carbocycles. The molecule has 0 spiro atoms. The number of piperidine rings is 1. The van der Waals surface area contributed by atoms with Gasteiger partial charge in [-0.05, 0) is 32.6 Å². The summed E-state index contributed by atoms with van der Waals surface area (Å²) in [4.78, 5) is 17.5. The summed E-state index contributed by atoms with van der Waals surface area (Å²) in [5, 5.41) is 8.10. The fourth-order valence-electron chi connectivity index (χ4n) is 4.32. The Hall–Kier alpha value is -2.15. The van der Waals surface area contributed by atoms with Gasteiger partial charge in [0.25, 0.3) is 5.91 Å². The van der Waals surface area contributed by atoms with Gasteiger partial charge in [-0.3, -0.25) is 9.69 Å². The van der Waals surface area contributed by atoms with Crippen LogP contribution in [0, 0.1) is 19.8 Å². The third kappa shape index (κ3) is 3.52. The van der Waals surface area contributed by atoms with Crippen molar-refractivity contribution < 1.29 is 13.8 Å². The van der Waals surface area contributed by atoms with Gasteiger partial charge in [-0.1, -0.05) is 24.2 Å². The second-order valence-electron chi connectivity index (χ2n) is 8.32. The van der Waals surface area contributed by atoms with Crippen molar-refractivity contribution in [2.75, 3.05) is 19.6 Å². The molecule has 3 fully saturated rings. The van der Waals surface area contributed by atoms with Gasteiger partial charge in [0, 0.05) is 49.8 Å². The molecule has 2 aromatic rings. The highest BCUT2D eigenvalue weighted by molar-refractivity contribution is 5.92. The maximum absolute atomic E-state index is 13.1. The van der Waals surface area contributed by atoms with E-state index in [1.807, 2.05) is 32.6 Å². The van der Waals surface area contributed by atoms with Crippen molar-refractivity contribution >= 4 is 5.91 Å². The molecule has 3 saturated heterocycles. The average Bonchev–Trinajstić information content (AvgIpc) is 3.14. The Morgan fingerprint density at radius 3 is 2.67 bits per heavy atom. The van der Waals surface area contributed by atoms with Gasteiger partial charge in [-0.2, -0.15) is 0 Å². The van der Waals surface area contributed by atoms with Gasteiger partial charge in [0.2, 0.25) is 0 Å². The highest BCUT2D eigenvalue weighted by Crippen LogP contribution is 2.31. The average molecular weight is 372 g/mol. The van der Waals surface area contributed by atoms with Crippen molar-refractivity contribution in [3.63, 3.8) is 0 Å². The van der Waals surface area contributed by atoms with E-state index in [0.29, 0.717) is 11.6 Å². The van der Waals surface area contributed by atoms with Crippen LogP contribution in [0.3, 0.4) is 0 Å². The fraction of sp³-hybridized carbons (Fsp3) is 0.650. The lowest BCUT2D eigenvalue weighted by Crippen LogP contribution is -2.47. The molecule has 1 amide bonds. The summed E-state index contributed by atoms with van der Waals surface area (Å²) >= 11 is 0. The van der Waals surface area contributed by atoms with E-state index in [4.69, 9.17) is 9.05 Å². The molecule has 3 aliphatic heterocycles. The van der Waals surface area contributed by atoms with Crippen LogP contribution in [0.5, 0.6) is 0 Å². The van der Waals surface area contributed by atoms with Crippen molar-refractivity contribution in [3.8, 4) is 0 Å². The first kappa shape index (κ1) is 18.2. The van der Waals surface area contributed by atoms with Gasteiger partial charge in [0.15, 0.2) is 5.69 Å². The van der Waals surface area contributed by atoms with Crippen molar-refractivity contribution in [1.82, 2.24) is 20.1 Å². The summed E-state index contributed by atoms with van der Waals surface area (Å²) in [7, 11) is 0. The Balaban J connectivity index is 1.50. The minimum atomic E-state index is -0.000427. The summed E-state index contributed by atoms with van der Waals surface area (Å²) in [6, 6.07) is 2.02. The van der Waals surface area contributed by atoms with Crippen LogP contribution in [0.2, 0.25) is 0 Å². The number of hydrogen-bond acceptors (Lipinski definition) is 6. The number of hydrogen-bond donors (Lipinski definition) is 0. The number of aromatic nitrogens is 2. The quantitative estimate of drug-likeness (QED) is 0.821. The van der Waals surface area contributed by atoms with E-state index < -0.39 is 0 Å². The summed E-state index contributed by atoms with van der Waals surface area (Å²) in [5.74, 6) is 2.37. The lowest BCUT2D eigenvalue weighted by atomic mass is 9.94. The smallest absolute Gasteiger partial charge is 0.276 e. The molecule has 5 heterocycles. The summed E-state index contributed by atoms with van der Waals surface area (Å²) in [6.45, 7) is 11.5. The molecule has 0 N–H and O–H groups in total. The Kier molecular flexibility index (Phi) is 4.80. The topological polar surface area (TPSA) is 75.6 Å². The third-order valence-corrected chi connectivity index (χ3v) is 5.93. The minimum Gasteiger partial charge on any atom is -0.361 e. The Morgan fingerprint density at radius 1 is 1.19 bits per heavy atom. The number of carbonyl (C=O) groups excluding carboxylic acids is 1. The zero-order chi connectivity index (χ0) is 19.1. The fourth-order valence-corrected chi connectivity index (χ4v) is 4.32. The molecule has 0 unspecified atom stereocenters. The SMILES string of the molecule is Cc1noc(C)c1CN1C[C@H]2CC[C@@H](C1)N(C(=O)c1cc(C(C)C)on1)C2. The van der Waals surface area contributed by atoms with E-state index in [1.54, 1.807) is 6.07 Å². The predicted octanol–water partition coefficient (Wildman–Crippen LogP) is 3.14. The van der Waals surface area contributed by atoms with Crippen molar-refractivity contribution in [1.29, 1.82) is 0 Å². The molecular formula is C20H28N4O3. The normalized spacial score (nSPS) is 23.2. The highest BCUT2D eigenvalue weighted by Gasteiger charge is 2.38. The van der Waals surface area contributed by atoms with Gasteiger partial charge in [-0.15, -0.1) is 0 Å². The first-order valence-corrected chi connectivity index (χ1v) is 9.84. The van der Waals surface area contributed by atoms with Gasteiger partial charge in [0.1, 0.15) is 11.5 Å². The number of carbonyl (C=O) groups is 1. The molecule has 0 aliphatic carbocycles. The van der Waals surface area contributed by atoms with Crippen LogP contribution in [-0.4, -0.2) is 51.7 Å². The lowest BCUT2D eigenvalue weighted by Gasteiger charge is -2.35. The van der Waals surface area contributed by atoms with E-state index in [1.165, 1.54) is 12.0 Å². The Morgan fingerprint density at radius 2 is 2.00 bits per heavy atom. The van der Waals surface area contributed by atoms with E-state index in [2.05, 4.69) is 15.2 Å². The molecule has 5 rings (SSSR count). The third-order valence-electron chi connectivity index (χ3n) is 5.93. The van der Waals surface area contributed by atoms with Crippen molar-refractivity contribution in [3.05, 3.63) is 34.5 Å². The van der Waals surface area contributed by atoms with E-state index in [9.17, 15) is 4.79 Å². The van der Waals surface area contributed by atoms with E-state index >= 15 is 0 Å². The van der Waals surface area contributed by atoms with Crippen molar-refractivity contribution in [2.45, 2.75) is 59.0 Å². The van der Waals surface area contributed by atoms with E-state index in [-0.39, 0.29) is 17.9 Å². The molecule has 2 aromatic heterocycles. The van der Waals surface area contributed by atoms with Crippen LogP contribution < -0.4 is 0 Å². The first-order valence-electron chi connectivity index (χ1n) is 9.84. The molecule has 7 nitrogen and oxygen atoms in total. The van der Waals surface area contributed by atoms with Gasteiger partial charge in [-0.25, -0.2) is 0 Å². The van der Waals surface area contributed by atoms with Gasteiger partial charge in [0.05, 0.1) is 5.69 Å². The minimum absolute atomic E-state index is 0.000427. The number of aryl methyl sites for hydroxylation is 2. The monoisotopic (exact) mass is 372 g/mol. The Labute approximate surface area is 159 Å². The number of nitrogens with zero attached hydrogens (tertiary/aromatic N) is 4. The first-order chi connectivity index (χ1) is 12.9. The number of rotatable bonds is 4. The Bertz CT molecular complexity index is 806. The molecule has 7 heteroatoms. The molecule has 27 heavy (non-hydrogen) atoms. The maximum atomic E-state index is 13.1. The molecule has 3 aliphatic rings. The molecule has 2 bridgehead atoms. The highest BCUT2D eigenvalue weighted by atomic mass is 16.5. The van der Waals surface area contributed by atoms with Crippen LogP contribution in [0.25, 0.3) is 0 Å². The predicted molar refractivity (Wildman–Crippen MR) is 99.4 cm³/mol. The van der Waals surface area contributed by atoms with Gasteiger partial charge >= 0.3 is 0 Å². The second-order valence-corrected chi connectivity index (χ2v) is 8.32. The van der Waals surface area contributed by atoms with Gasteiger partial charge < -0.3 is 13.9 Å². The van der Waals surface area contributed by atoms with E-state index in [0.717, 1.165) is 49.8 Å². The molecular weight excluding hydrogens is 344 g/mol. The zero-order valence-electron chi connectivity index (χ0n) is 16.6. The maximum Gasteiger partial charge on any atom is 0.276 e. The molecule has 0 saturated carbocycles. The molecule has 0 radical (unpaired) electrons. The summed E-state index contributed by atoms with van der Waals surface area (Å²) in [5.41, 5.74) is 2.57. The number of fused-ring (bicyclic) bond motifs is 4. The molecule has 146 valence electrons. The van der Waals surface area contributed by atoms with Crippen LogP contribution >= 0.6 is 0 Å². The lowest BCUT2D eigenvalue weighted by molar-refractivity contribution is 0.0574. The van der Waals surface area contributed by atoms with Crippen molar-refractivity contribution in [2.24, 2.45) is 5.92 Å². The molecule has 2 atom stereocenters. The second kappa shape index (κ2) is 7.11. The summed E-state index contributed by atoms with van der Waals surface area (Å²) < 4.78 is 10.7. The van der Waals surface area contributed by atoms with Crippen LogP contribution in [0.4, 0.5) is 0 Å².